The summed E-state index contributed by atoms with van der Waals surface area (Å²) in [5.41, 5.74) is -0.892. The lowest BCUT2D eigenvalue weighted by Gasteiger charge is -2.41. The Hall–Kier alpha value is -1.29. The van der Waals surface area contributed by atoms with E-state index in [-0.39, 0.29) is 10.9 Å². The maximum Gasteiger partial charge on any atom is 0.490 e. The van der Waals surface area contributed by atoms with Crippen LogP contribution in [-0.2, 0) is 26.8 Å². The SMILES string of the molecule is CNc1nc(Cl)nc2c1ncn2[C@H]1[C@H](O)[C@H](O)[C@]2(COP(=O)(O)OP(=O)(O)OP(=O)(O)O)C=C[C@H]12. The number of phosphoric acid groups is 3. The van der Waals surface area contributed by atoms with Crippen molar-refractivity contribution in [2.45, 2.75) is 18.2 Å². The van der Waals surface area contributed by atoms with Crippen LogP contribution in [0, 0.1) is 11.3 Å². The van der Waals surface area contributed by atoms with Crippen molar-refractivity contribution in [3.05, 3.63) is 23.8 Å². The second-order valence-electron chi connectivity index (χ2n) is 7.70. The standard InChI is InChI=1S/C14H19ClN5O12P3/c1-16-11-7-12(19-13(15)18-11)20(5-17-7)8-6-2-3-14(6,10(22)9(8)21)4-30-34(26,27)32-35(28,29)31-33(23,24)25/h2-3,5-6,8-10,21-22H,4H2,1H3,(H,26,27)(H,28,29)(H,16,18,19)(H2,23,24,25)/t6-,8-,9+,10+,14+/m1/s1. The van der Waals surface area contributed by atoms with E-state index in [1.807, 2.05) is 0 Å². The Balaban J connectivity index is 1.58. The zero-order chi connectivity index (χ0) is 26.0. The number of hydrogen-bond donors (Lipinski definition) is 7. The van der Waals surface area contributed by atoms with Gasteiger partial charge in [0.2, 0.25) is 5.28 Å². The van der Waals surface area contributed by atoms with E-state index in [1.54, 1.807) is 13.1 Å². The Labute approximate surface area is 200 Å². The number of aliphatic hydroxyl groups is 2. The van der Waals surface area contributed by atoms with Gasteiger partial charge in [-0.3, -0.25) is 4.52 Å². The number of aromatic nitrogens is 4. The van der Waals surface area contributed by atoms with E-state index in [2.05, 4.69) is 28.9 Å². The number of imidazole rings is 1. The first-order valence-corrected chi connectivity index (χ1v) is 14.4. The molecule has 7 atom stereocenters. The maximum absolute atomic E-state index is 12.2. The maximum atomic E-state index is 12.2. The Morgan fingerprint density at radius 2 is 1.83 bits per heavy atom. The minimum absolute atomic E-state index is 0.111. The molecule has 2 aromatic heterocycles. The molecule has 21 heteroatoms. The Morgan fingerprint density at radius 3 is 2.40 bits per heavy atom. The second kappa shape index (κ2) is 8.92. The summed E-state index contributed by atoms with van der Waals surface area (Å²) in [6, 6.07) is -0.889. The third kappa shape index (κ3) is 4.98. The first-order valence-electron chi connectivity index (χ1n) is 9.51. The van der Waals surface area contributed by atoms with Gasteiger partial charge >= 0.3 is 23.5 Å². The second-order valence-corrected chi connectivity index (χ2v) is 12.5. The molecule has 194 valence electrons. The van der Waals surface area contributed by atoms with Crippen molar-refractivity contribution < 1.29 is 56.6 Å². The van der Waals surface area contributed by atoms with Gasteiger partial charge in [-0.15, -0.1) is 0 Å². The number of hydrogen-bond acceptors (Lipinski definition) is 12. The summed E-state index contributed by atoms with van der Waals surface area (Å²) >= 11 is 5.98. The predicted octanol–water partition coefficient (Wildman–Crippen LogP) is 0.314. The number of nitrogens with one attached hydrogen (secondary N) is 1. The van der Waals surface area contributed by atoms with Gasteiger partial charge in [0.1, 0.15) is 6.10 Å². The summed E-state index contributed by atoms with van der Waals surface area (Å²) in [7, 11) is -15.1. The van der Waals surface area contributed by atoms with Gasteiger partial charge in [-0.1, -0.05) is 12.2 Å². The summed E-state index contributed by atoms with van der Waals surface area (Å²) in [4.78, 5) is 48.7. The number of rotatable bonds is 9. The molecule has 2 heterocycles. The molecule has 2 aliphatic rings. The molecule has 0 saturated heterocycles. The summed E-state index contributed by atoms with van der Waals surface area (Å²) in [5, 5.41) is 24.3. The highest BCUT2D eigenvalue weighted by molar-refractivity contribution is 7.66. The minimum atomic E-state index is -5.71. The molecule has 0 amide bonds. The lowest BCUT2D eigenvalue weighted by molar-refractivity contribution is -0.0360. The van der Waals surface area contributed by atoms with Crippen molar-refractivity contribution in [1.82, 2.24) is 19.5 Å². The van der Waals surface area contributed by atoms with Crippen LogP contribution in [0.5, 0.6) is 0 Å². The van der Waals surface area contributed by atoms with Gasteiger partial charge in [0.15, 0.2) is 17.0 Å². The van der Waals surface area contributed by atoms with Crippen molar-refractivity contribution in [1.29, 1.82) is 0 Å². The van der Waals surface area contributed by atoms with E-state index in [1.165, 1.54) is 17.0 Å². The van der Waals surface area contributed by atoms with Gasteiger partial charge in [0, 0.05) is 18.4 Å². The number of aliphatic hydroxyl groups excluding tert-OH is 2. The Kier molecular flexibility index (Phi) is 6.82. The fourth-order valence-corrected chi connectivity index (χ4v) is 7.49. The number of anilines is 1. The molecule has 0 aliphatic heterocycles. The number of phosphoric ester groups is 1. The average Bonchev–Trinajstić information content (AvgIpc) is 3.15. The highest BCUT2D eigenvalue weighted by Crippen LogP contribution is 2.67. The van der Waals surface area contributed by atoms with Crippen LogP contribution in [0.25, 0.3) is 11.2 Å². The van der Waals surface area contributed by atoms with Crippen LogP contribution in [0.4, 0.5) is 5.82 Å². The zero-order valence-corrected chi connectivity index (χ0v) is 20.8. The molecule has 2 unspecified atom stereocenters. The van der Waals surface area contributed by atoms with Crippen LogP contribution < -0.4 is 5.32 Å². The van der Waals surface area contributed by atoms with E-state index in [9.17, 15) is 33.7 Å². The van der Waals surface area contributed by atoms with E-state index in [0.717, 1.165) is 0 Å². The molecule has 4 rings (SSSR count). The van der Waals surface area contributed by atoms with Gasteiger partial charge < -0.3 is 39.7 Å². The van der Waals surface area contributed by atoms with Crippen LogP contribution in [0.3, 0.4) is 0 Å². The number of nitrogens with zero attached hydrogens (tertiary/aromatic N) is 4. The van der Waals surface area contributed by atoms with E-state index < -0.39 is 59.7 Å². The summed E-state index contributed by atoms with van der Waals surface area (Å²) < 4.78 is 48.0. The van der Waals surface area contributed by atoms with Gasteiger partial charge in [-0.25, -0.2) is 18.7 Å². The molecule has 1 saturated carbocycles. The van der Waals surface area contributed by atoms with Gasteiger partial charge in [0.25, 0.3) is 0 Å². The summed E-state index contributed by atoms with van der Waals surface area (Å²) in [6.07, 6.45) is 1.35. The van der Waals surface area contributed by atoms with Gasteiger partial charge in [-0.05, 0) is 11.6 Å². The average molecular weight is 578 g/mol. The first-order chi connectivity index (χ1) is 16.1. The van der Waals surface area contributed by atoms with Crippen molar-refractivity contribution >= 4 is 52.1 Å². The number of fused-ring (bicyclic) bond motifs is 2. The summed E-state index contributed by atoms with van der Waals surface area (Å²) in [5.74, 6) is -0.390. The Bertz CT molecular complexity index is 1330. The fraction of sp³-hybridized carbons (Fsp3) is 0.500. The van der Waals surface area contributed by atoms with Crippen molar-refractivity contribution in [2.75, 3.05) is 19.0 Å². The van der Waals surface area contributed by atoms with Crippen molar-refractivity contribution in [3.8, 4) is 0 Å². The van der Waals surface area contributed by atoms with Crippen LogP contribution >= 0.6 is 35.1 Å². The van der Waals surface area contributed by atoms with Gasteiger partial charge in [-0.2, -0.15) is 18.6 Å². The molecular weight excluding hydrogens is 559 g/mol. The molecule has 17 nitrogen and oxygen atoms in total. The van der Waals surface area contributed by atoms with Gasteiger partial charge in [0.05, 0.1) is 25.1 Å². The minimum Gasteiger partial charge on any atom is -0.389 e. The molecule has 2 aromatic rings. The lowest BCUT2D eigenvalue weighted by atomic mass is 9.68. The third-order valence-electron chi connectivity index (χ3n) is 5.67. The first kappa shape index (κ1) is 26.8. The molecule has 1 fully saturated rings. The number of halogens is 1. The molecular formula is C14H19ClN5O12P3. The van der Waals surface area contributed by atoms with Crippen LogP contribution in [0.2, 0.25) is 5.28 Å². The normalized spacial score (nSPS) is 31.5. The monoisotopic (exact) mass is 577 g/mol. The van der Waals surface area contributed by atoms with Crippen LogP contribution in [0.1, 0.15) is 6.04 Å². The predicted molar refractivity (Wildman–Crippen MR) is 116 cm³/mol. The fourth-order valence-electron chi connectivity index (χ4n) is 4.25. The molecule has 2 aliphatic carbocycles. The molecule has 0 aromatic carbocycles. The molecule has 0 bridgehead atoms. The highest BCUT2D eigenvalue weighted by atomic mass is 35.5. The molecule has 0 radical (unpaired) electrons. The lowest BCUT2D eigenvalue weighted by Crippen LogP contribution is -2.44. The number of allylic oxidation sites excluding steroid dienone is 1. The summed E-state index contributed by atoms with van der Waals surface area (Å²) in [6.45, 7) is -0.795. The highest BCUT2D eigenvalue weighted by Gasteiger charge is 2.63. The van der Waals surface area contributed by atoms with Crippen LogP contribution in [0.15, 0.2) is 18.5 Å². The quantitative estimate of drug-likeness (QED) is 0.120. The van der Waals surface area contributed by atoms with Crippen molar-refractivity contribution in [3.63, 3.8) is 0 Å². The largest absolute Gasteiger partial charge is 0.490 e. The Morgan fingerprint density at radius 1 is 1.14 bits per heavy atom. The van der Waals surface area contributed by atoms with E-state index in [0.29, 0.717) is 11.3 Å². The molecule has 7 N–H and O–H groups in total. The van der Waals surface area contributed by atoms with Crippen molar-refractivity contribution in [2.24, 2.45) is 11.3 Å². The smallest absolute Gasteiger partial charge is 0.389 e. The van der Waals surface area contributed by atoms with Crippen LogP contribution in [-0.4, -0.2) is 75.2 Å². The van der Waals surface area contributed by atoms with E-state index >= 15 is 0 Å². The third-order valence-corrected chi connectivity index (χ3v) is 9.62. The zero-order valence-electron chi connectivity index (χ0n) is 17.4. The molecule has 35 heavy (non-hydrogen) atoms. The topological polar surface area (TPSA) is 256 Å². The molecule has 0 spiro atoms. The van der Waals surface area contributed by atoms with E-state index in [4.69, 9.17) is 25.9 Å².